The summed E-state index contributed by atoms with van der Waals surface area (Å²) in [6, 6.07) is 8.59. The molecule has 2 N–H and O–H groups in total. The summed E-state index contributed by atoms with van der Waals surface area (Å²) in [7, 11) is 0. The fourth-order valence-electron chi connectivity index (χ4n) is 3.04. The van der Waals surface area contributed by atoms with Crippen LogP contribution in [0.4, 0.5) is 0 Å². The molecule has 1 aliphatic rings. The highest BCUT2D eigenvalue weighted by molar-refractivity contribution is 5.82. The molecule has 0 aliphatic heterocycles. The minimum Gasteiger partial charge on any atom is -0.461 e. The molecule has 1 heterocycles. The smallest absolute Gasteiger partial charge is 0.134 e. The predicted octanol–water partition coefficient (Wildman–Crippen LogP) is 3.13. The molecule has 102 valence electrons. The standard InChI is InChI=1S/C16H21NO2/c1-11-15(14-7-2-3-8-16(14)19-11)10-17-12-5-4-6-13(18)9-12/h2-3,7-8,12-13,17-18H,4-6,9-10H2,1H3. The molecular formula is C16H21NO2. The second kappa shape index (κ2) is 5.35. The van der Waals surface area contributed by atoms with E-state index in [2.05, 4.69) is 11.4 Å². The van der Waals surface area contributed by atoms with E-state index in [1.165, 1.54) is 10.9 Å². The van der Waals surface area contributed by atoms with Gasteiger partial charge >= 0.3 is 0 Å². The van der Waals surface area contributed by atoms with Gasteiger partial charge in [0.25, 0.3) is 0 Å². The van der Waals surface area contributed by atoms with Crippen molar-refractivity contribution in [2.75, 3.05) is 0 Å². The molecule has 19 heavy (non-hydrogen) atoms. The maximum absolute atomic E-state index is 9.70. The Morgan fingerprint density at radius 2 is 2.16 bits per heavy atom. The first-order valence-electron chi connectivity index (χ1n) is 7.12. The summed E-state index contributed by atoms with van der Waals surface area (Å²) in [4.78, 5) is 0. The van der Waals surface area contributed by atoms with E-state index in [1.807, 2.05) is 25.1 Å². The summed E-state index contributed by atoms with van der Waals surface area (Å²) < 4.78 is 5.77. The minimum absolute atomic E-state index is 0.131. The van der Waals surface area contributed by atoms with Gasteiger partial charge < -0.3 is 14.8 Å². The number of aliphatic hydroxyl groups excluding tert-OH is 1. The maximum atomic E-state index is 9.70. The molecule has 1 fully saturated rings. The van der Waals surface area contributed by atoms with Crippen molar-refractivity contribution in [2.24, 2.45) is 0 Å². The molecule has 0 spiro atoms. The van der Waals surface area contributed by atoms with Crippen LogP contribution in [0, 0.1) is 6.92 Å². The van der Waals surface area contributed by atoms with E-state index < -0.39 is 0 Å². The number of hydrogen-bond donors (Lipinski definition) is 2. The van der Waals surface area contributed by atoms with Crippen molar-refractivity contribution in [1.29, 1.82) is 0 Å². The van der Waals surface area contributed by atoms with Crippen LogP contribution in [-0.2, 0) is 6.54 Å². The lowest BCUT2D eigenvalue weighted by molar-refractivity contribution is 0.111. The van der Waals surface area contributed by atoms with Crippen LogP contribution in [0.3, 0.4) is 0 Å². The molecule has 0 radical (unpaired) electrons. The average molecular weight is 259 g/mol. The van der Waals surface area contributed by atoms with Gasteiger partial charge in [0, 0.05) is 23.5 Å². The number of furan rings is 1. The molecule has 0 amide bonds. The highest BCUT2D eigenvalue weighted by Crippen LogP contribution is 2.26. The van der Waals surface area contributed by atoms with E-state index >= 15 is 0 Å². The quantitative estimate of drug-likeness (QED) is 0.890. The van der Waals surface area contributed by atoms with Crippen molar-refractivity contribution >= 4 is 11.0 Å². The zero-order valence-corrected chi connectivity index (χ0v) is 11.4. The number of benzene rings is 1. The van der Waals surface area contributed by atoms with Crippen LogP contribution in [0.1, 0.15) is 37.0 Å². The third-order valence-corrected chi connectivity index (χ3v) is 4.11. The van der Waals surface area contributed by atoms with Crippen molar-refractivity contribution in [3.8, 4) is 0 Å². The Kier molecular flexibility index (Phi) is 3.58. The van der Waals surface area contributed by atoms with Crippen LogP contribution in [0.25, 0.3) is 11.0 Å². The lowest BCUT2D eigenvalue weighted by Crippen LogP contribution is -2.35. The fraction of sp³-hybridized carbons (Fsp3) is 0.500. The minimum atomic E-state index is -0.131. The Labute approximate surface area is 113 Å². The van der Waals surface area contributed by atoms with Gasteiger partial charge in [0.1, 0.15) is 11.3 Å². The summed E-state index contributed by atoms with van der Waals surface area (Å²) >= 11 is 0. The van der Waals surface area contributed by atoms with E-state index in [0.717, 1.165) is 43.6 Å². The molecule has 1 aromatic heterocycles. The van der Waals surface area contributed by atoms with Crippen LogP contribution in [0.2, 0.25) is 0 Å². The summed E-state index contributed by atoms with van der Waals surface area (Å²) in [6.07, 6.45) is 3.96. The number of rotatable bonds is 3. The first kappa shape index (κ1) is 12.7. The SMILES string of the molecule is Cc1oc2ccccc2c1CNC1CCCC(O)C1. The summed E-state index contributed by atoms with van der Waals surface area (Å²) in [5, 5.41) is 14.5. The Morgan fingerprint density at radius 1 is 1.32 bits per heavy atom. The largest absolute Gasteiger partial charge is 0.461 e. The van der Waals surface area contributed by atoms with Crippen molar-refractivity contribution < 1.29 is 9.52 Å². The molecular weight excluding hydrogens is 238 g/mol. The number of hydrogen-bond acceptors (Lipinski definition) is 3. The maximum Gasteiger partial charge on any atom is 0.134 e. The average Bonchev–Trinajstić information content (AvgIpc) is 2.72. The Hall–Kier alpha value is -1.32. The number of aryl methyl sites for hydroxylation is 1. The lowest BCUT2D eigenvalue weighted by atomic mass is 9.93. The van der Waals surface area contributed by atoms with Crippen molar-refractivity contribution in [3.05, 3.63) is 35.6 Å². The van der Waals surface area contributed by atoms with Crippen LogP contribution in [0.5, 0.6) is 0 Å². The van der Waals surface area contributed by atoms with E-state index in [-0.39, 0.29) is 6.10 Å². The monoisotopic (exact) mass is 259 g/mol. The Bertz CT molecular complexity index is 561. The fourth-order valence-corrected chi connectivity index (χ4v) is 3.04. The van der Waals surface area contributed by atoms with Gasteiger partial charge in [-0.05, 0) is 38.7 Å². The summed E-state index contributed by atoms with van der Waals surface area (Å²) in [5.41, 5.74) is 2.20. The third kappa shape index (κ3) is 2.67. The van der Waals surface area contributed by atoms with Crippen molar-refractivity contribution in [3.63, 3.8) is 0 Å². The van der Waals surface area contributed by atoms with Crippen LogP contribution in [-0.4, -0.2) is 17.3 Å². The van der Waals surface area contributed by atoms with E-state index in [1.54, 1.807) is 0 Å². The van der Waals surface area contributed by atoms with Gasteiger partial charge in [-0.2, -0.15) is 0 Å². The molecule has 3 nitrogen and oxygen atoms in total. The number of aliphatic hydroxyl groups is 1. The Balaban J connectivity index is 1.73. The molecule has 2 atom stereocenters. The lowest BCUT2D eigenvalue weighted by Gasteiger charge is -2.26. The zero-order valence-electron chi connectivity index (χ0n) is 11.4. The second-order valence-electron chi connectivity index (χ2n) is 5.53. The van der Waals surface area contributed by atoms with Gasteiger partial charge in [-0.1, -0.05) is 18.2 Å². The summed E-state index contributed by atoms with van der Waals surface area (Å²) in [5.74, 6) is 0.991. The van der Waals surface area contributed by atoms with Gasteiger partial charge in [0.2, 0.25) is 0 Å². The molecule has 1 aromatic carbocycles. The molecule has 2 aromatic rings. The van der Waals surface area contributed by atoms with Gasteiger partial charge in [-0.25, -0.2) is 0 Å². The number of fused-ring (bicyclic) bond motifs is 1. The first-order chi connectivity index (χ1) is 9.24. The van der Waals surface area contributed by atoms with Gasteiger partial charge in [-0.15, -0.1) is 0 Å². The number of nitrogens with one attached hydrogen (secondary N) is 1. The molecule has 3 heteroatoms. The first-order valence-corrected chi connectivity index (χ1v) is 7.12. The molecule has 0 bridgehead atoms. The zero-order chi connectivity index (χ0) is 13.2. The number of para-hydroxylation sites is 1. The Morgan fingerprint density at radius 3 is 3.00 bits per heavy atom. The highest BCUT2D eigenvalue weighted by Gasteiger charge is 2.20. The molecule has 1 saturated carbocycles. The summed E-state index contributed by atoms with van der Waals surface area (Å²) in [6.45, 7) is 2.84. The molecule has 2 unspecified atom stereocenters. The second-order valence-corrected chi connectivity index (χ2v) is 5.53. The van der Waals surface area contributed by atoms with Crippen LogP contribution < -0.4 is 5.32 Å². The van der Waals surface area contributed by atoms with Crippen LogP contribution in [0.15, 0.2) is 28.7 Å². The van der Waals surface area contributed by atoms with Gasteiger partial charge in [-0.3, -0.25) is 0 Å². The van der Waals surface area contributed by atoms with E-state index in [0.29, 0.717) is 6.04 Å². The molecule has 1 aliphatic carbocycles. The predicted molar refractivity (Wildman–Crippen MR) is 76.1 cm³/mol. The van der Waals surface area contributed by atoms with Crippen molar-refractivity contribution in [2.45, 2.75) is 51.3 Å². The highest BCUT2D eigenvalue weighted by atomic mass is 16.3. The normalized spacial score (nSPS) is 23.9. The molecule has 3 rings (SSSR count). The van der Waals surface area contributed by atoms with E-state index in [9.17, 15) is 5.11 Å². The van der Waals surface area contributed by atoms with Crippen LogP contribution >= 0.6 is 0 Å². The van der Waals surface area contributed by atoms with Crippen molar-refractivity contribution in [1.82, 2.24) is 5.32 Å². The topological polar surface area (TPSA) is 45.4 Å². The van der Waals surface area contributed by atoms with Gasteiger partial charge in [0.05, 0.1) is 6.10 Å². The van der Waals surface area contributed by atoms with E-state index in [4.69, 9.17) is 4.42 Å². The third-order valence-electron chi connectivity index (χ3n) is 4.11. The molecule has 0 saturated heterocycles. The van der Waals surface area contributed by atoms with Gasteiger partial charge in [0.15, 0.2) is 0 Å².